The lowest BCUT2D eigenvalue weighted by Gasteiger charge is -2.22. The largest absolute Gasteiger partial charge is 0.315 e. The lowest BCUT2D eigenvalue weighted by Crippen LogP contribution is -2.34. The molecule has 0 aliphatic rings. The van der Waals surface area contributed by atoms with Crippen molar-refractivity contribution in [3.63, 3.8) is 0 Å². The van der Waals surface area contributed by atoms with E-state index in [0.717, 1.165) is 6.26 Å². The van der Waals surface area contributed by atoms with E-state index in [1.54, 1.807) is 31.3 Å². The molecule has 25 heavy (non-hydrogen) atoms. The maximum atomic E-state index is 13.0. The van der Waals surface area contributed by atoms with Crippen LogP contribution in [0, 0.1) is 5.82 Å². The summed E-state index contributed by atoms with van der Waals surface area (Å²) in [6.07, 6.45) is 0.937. The number of nitrogens with one attached hydrogen (secondary N) is 1. The zero-order chi connectivity index (χ0) is 18.6. The number of amides is 1. The van der Waals surface area contributed by atoms with Crippen molar-refractivity contribution < 1.29 is 17.6 Å². The molecule has 134 valence electrons. The first-order valence-electron chi connectivity index (χ1n) is 7.40. The Kier molecular flexibility index (Phi) is 6.16. The molecule has 0 spiro atoms. The molecule has 2 rings (SSSR count). The molecule has 1 N–H and O–H groups in total. The highest BCUT2D eigenvalue weighted by Crippen LogP contribution is 2.23. The highest BCUT2D eigenvalue weighted by molar-refractivity contribution is 7.88. The Morgan fingerprint density at radius 1 is 1.16 bits per heavy atom. The molecule has 5 nitrogen and oxygen atoms in total. The van der Waals surface area contributed by atoms with Gasteiger partial charge in [-0.15, -0.1) is 0 Å². The Balaban J connectivity index is 2.21. The molecule has 0 saturated heterocycles. The molecule has 0 aliphatic carbocycles. The van der Waals surface area contributed by atoms with Crippen molar-refractivity contribution in [2.24, 2.45) is 0 Å². The highest BCUT2D eigenvalue weighted by atomic mass is 35.5. The molecule has 1 unspecified atom stereocenters. The summed E-state index contributed by atoms with van der Waals surface area (Å²) in [5, 5.41) is 0.511. The third-order valence-corrected chi connectivity index (χ3v) is 4.56. The van der Waals surface area contributed by atoms with Crippen molar-refractivity contribution in [1.29, 1.82) is 0 Å². The predicted molar refractivity (Wildman–Crippen MR) is 96.6 cm³/mol. The fourth-order valence-corrected chi connectivity index (χ4v) is 3.16. The summed E-state index contributed by atoms with van der Waals surface area (Å²) < 4.78 is 38.7. The Morgan fingerprint density at radius 2 is 1.72 bits per heavy atom. The smallest absolute Gasteiger partial charge is 0.228 e. The molecule has 1 atom stereocenters. The van der Waals surface area contributed by atoms with Crippen molar-refractivity contribution in [3.8, 4) is 0 Å². The average molecular weight is 385 g/mol. The van der Waals surface area contributed by atoms with Gasteiger partial charge in [-0.25, -0.2) is 17.5 Å². The first kappa shape index (κ1) is 19.4. The van der Waals surface area contributed by atoms with Crippen LogP contribution in [0.15, 0.2) is 48.5 Å². The van der Waals surface area contributed by atoms with E-state index in [-0.39, 0.29) is 12.3 Å². The molecule has 2 aromatic carbocycles. The summed E-state index contributed by atoms with van der Waals surface area (Å²) >= 11 is 5.85. The van der Waals surface area contributed by atoms with Gasteiger partial charge < -0.3 is 4.90 Å². The van der Waals surface area contributed by atoms with E-state index in [4.69, 9.17) is 11.6 Å². The Labute approximate surface area is 151 Å². The van der Waals surface area contributed by atoms with Crippen LogP contribution in [0.25, 0.3) is 0 Å². The van der Waals surface area contributed by atoms with Crippen LogP contribution < -0.4 is 9.62 Å². The van der Waals surface area contributed by atoms with Crippen molar-refractivity contribution in [2.75, 3.05) is 18.2 Å². The van der Waals surface area contributed by atoms with Crippen LogP contribution in [0.1, 0.15) is 18.0 Å². The number of anilines is 1. The number of carbonyl (C=O) groups is 1. The van der Waals surface area contributed by atoms with E-state index in [9.17, 15) is 17.6 Å². The number of carbonyl (C=O) groups excluding carboxylic acids is 1. The monoisotopic (exact) mass is 384 g/mol. The number of hydrogen-bond donors (Lipinski definition) is 1. The molecule has 0 aromatic heterocycles. The van der Waals surface area contributed by atoms with Crippen LogP contribution in [0.3, 0.4) is 0 Å². The van der Waals surface area contributed by atoms with Crippen LogP contribution in [0.2, 0.25) is 5.02 Å². The molecular formula is C17H18ClFN2O3S. The molecule has 0 radical (unpaired) electrons. The second-order valence-corrected chi connectivity index (χ2v) is 7.84. The number of rotatable bonds is 6. The summed E-state index contributed by atoms with van der Waals surface area (Å²) in [5.74, 6) is -0.718. The average Bonchev–Trinajstić information content (AvgIpc) is 2.53. The number of nitrogens with zero attached hydrogens (tertiary/aromatic N) is 1. The summed E-state index contributed by atoms with van der Waals surface area (Å²) in [7, 11) is -1.98. The molecule has 0 bridgehead atoms. The first-order chi connectivity index (χ1) is 11.7. The van der Waals surface area contributed by atoms with Gasteiger partial charge >= 0.3 is 0 Å². The van der Waals surface area contributed by atoms with Crippen molar-refractivity contribution >= 4 is 33.2 Å². The van der Waals surface area contributed by atoms with Gasteiger partial charge in [-0.05, 0) is 42.0 Å². The third kappa shape index (κ3) is 5.81. The number of halogens is 2. The quantitative estimate of drug-likeness (QED) is 0.832. The van der Waals surface area contributed by atoms with Gasteiger partial charge in [0.2, 0.25) is 15.9 Å². The Bertz CT molecular complexity index is 839. The minimum absolute atomic E-state index is 0.0947. The zero-order valence-corrected chi connectivity index (χ0v) is 15.3. The topological polar surface area (TPSA) is 66.5 Å². The second kappa shape index (κ2) is 7.95. The van der Waals surface area contributed by atoms with E-state index in [1.807, 2.05) is 0 Å². The third-order valence-electron chi connectivity index (χ3n) is 3.60. The summed E-state index contributed by atoms with van der Waals surface area (Å²) in [4.78, 5) is 13.9. The molecule has 2 aromatic rings. The van der Waals surface area contributed by atoms with Gasteiger partial charge in [0.05, 0.1) is 12.3 Å². The normalized spacial score (nSPS) is 12.6. The Morgan fingerprint density at radius 3 is 2.24 bits per heavy atom. The lowest BCUT2D eigenvalue weighted by atomic mass is 10.0. The molecule has 0 fully saturated rings. The van der Waals surface area contributed by atoms with Gasteiger partial charge in [-0.3, -0.25) is 4.79 Å². The van der Waals surface area contributed by atoms with Crippen LogP contribution in [0.5, 0.6) is 0 Å². The molecule has 8 heteroatoms. The van der Waals surface area contributed by atoms with E-state index in [2.05, 4.69) is 4.72 Å². The molecular weight excluding hydrogens is 367 g/mol. The van der Waals surface area contributed by atoms with Crippen molar-refractivity contribution in [3.05, 3.63) is 64.9 Å². The van der Waals surface area contributed by atoms with Crippen LogP contribution in [0.4, 0.5) is 10.1 Å². The summed E-state index contributed by atoms with van der Waals surface area (Å²) in [5.41, 5.74) is 1.14. The second-order valence-electron chi connectivity index (χ2n) is 5.63. The highest BCUT2D eigenvalue weighted by Gasteiger charge is 2.22. The number of sulfonamides is 1. The summed E-state index contributed by atoms with van der Waals surface area (Å²) in [6.45, 7) is 0. The van der Waals surface area contributed by atoms with E-state index >= 15 is 0 Å². The Hall–Kier alpha value is -1.96. The molecule has 0 heterocycles. The van der Waals surface area contributed by atoms with Gasteiger partial charge in [0, 0.05) is 24.2 Å². The van der Waals surface area contributed by atoms with Gasteiger partial charge in [-0.1, -0.05) is 23.7 Å². The van der Waals surface area contributed by atoms with Gasteiger partial charge in [-0.2, -0.15) is 0 Å². The standard InChI is InChI=1S/C17H18ClFN2O3S/c1-21(15-9-7-14(19)8-10-15)17(22)11-16(20-25(2,23)24)12-3-5-13(18)6-4-12/h3-10,16,20H,11H2,1-2H3. The molecule has 0 aliphatic heterocycles. The van der Waals surface area contributed by atoms with E-state index in [1.165, 1.54) is 29.2 Å². The van der Waals surface area contributed by atoms with Gasteiger partial charge in [0.1, 0.15) is 5.82 Å². The maximum Gasteiger partial charge on any atom is 0.228 e. The van der Waals surface area contributed by atoms with E-state index < -0.39 is 21.9 Å². The van der Waals surface area contributed by atoms with Gasteiger partial charge in [0.15, 0.2) is 0 Å². The minimum Gasteiger partial charge on any atom is -0.315 e. The zero-order valence-electron chi connectivity index (χ0n) is 13.7. The van der Waals surface area contributed by atoms with E-state index in [0.29, 0.717) is 16.3 Å². The summed E-state index contributed by atoms with van der Waals surface area (Å²) in [6, 6.07) is 11.3. The van der Waals surface area contributed by atoms with Crippen LogP contribution in [-0.4, -0.2) is 27.6 Å². The van der Waals surface area contributed by atoms with Crippen LogP contribution in [-0.2, 0) is 14.8 Å². The fraction of sp³-hybridized carbons (Fsp3) is 0.235. The first-order valence-corrected chi connectivity index (χ1v) is 9.67. The maximum absolute atomic E-state index is 13.0. The van der Waals surface area contributed by atoms with Crippen molar-refractivity contribution in [1.82, 2.24) is 4.72 Å². The number of benzene rings is 2. The minimum atomic E-state index is -3.53. The SMILES string of the molecule is CN(C(=O)CC(NS(C)(=O)=O)c1ccc(Cl)cc1)c1ccc(F)cc1. The molecule has 1 amide bonds. The van der Waals surface area contributed by atoms with Crippen molar-refractivity contribution in [2.45, 2.75) is 12.5 Å². The predicted octanol–water partition coefficient (Wildman–Crippen LogP) is 3.12. The lowest BCUT2D eigenvalue weighted by molar-refractivity contribution is -0.118. The molecule has 0 saturated carbocycles. The van der Waals surface area contributed by atoms with Gasteiger partial charge in [0.25, 0.3) is 0 Å². The fourth-order valence-electron chi connectivity index (χ4n) is 2.30. The number of hydrogen-bond acceptors (Lipinski definition) is 3. The van der Waals surface area contributed by atoms with Crippen LogP contribution >= 0.6 is 11.6 Å².